The number of fused-ring (bicyclic) bond motifs is 1. The second-order valence-corrected chi connectivity index (χ2v) is 4.18. The third kappa shape index (κ3) is 1.63. The fourth-order valence-corrected chi connectivity index (χ4v) is 2.17. The number of hydrogen-bond donors (Lipinski definition) is 1. The van der Waals surface area contributed by atoms with Gasteiger partial charge < -0.3 is 5.73 Å². The number of amides is 2. The Morgan fingerprint density at radius 3 is 2.21 bits per heavy atom. The number of nitrogens with zero attached hydrogens (tertiary/aromatic N) is 2. The van der Waals surface area contributed by atoms with Gasteiger partial charge in [-0.1, -0.05) is 18.2 Å². The van der Waals surface area contributed by atoms with Crippen molar-refractivity contribution in [2.75, 3.05) is 4.90 Å². The molecule has 1 aromatic heterocycles. The van der Waals surface area contributed by atoms with E-state index in [1.165, 1.54) is 6.20 Å². The number of benzene rings is 1. The van der Waals surface area contributed by atoms with E-state index in [9.17, 15) is 9.59 Å². The molecule has 1 aliphatic rings. The van der Waals surface area contributed by atoms with Crippen LogP contribution in [0.1, 0.15) is 26.3 Å². The van der Waals surface area contributed by atoms with Crippen LogP contribution in [-0.4, -0.2) is 16.8 Å². The number of nitrogens with two attached hydrogens (primary N) is 1. The Morgan fingerprint density at radius 1 is 1.00 bits per heavy atom. The Morgan fingerprint density at radius 2 is 1.63 bits per heavy atom. The number of imide groups is 1. The maximum absolute atomic E-state index is 12.3. The predicted octanol–water partition coefficient (Wildman–Crippen LogP) is 1.34. The van der Waals surface area contributed by atoms with Crippen LogP contribution in [0, 0.1) is 0 Å². The van der Waals surface area contributed by atoms with Crippen LogP contribution < -0.4 is 10.6 Å². The molecule has 0 saturated heterocycles. The SMILES string of the molecule is NCc1cccnc1N1C(=O)c2ccccc2C1=O. The van der Waals surface area contributed by atoms with Gasteiger partial charge in [-0.3, -0.25) is 9.59 Å². The fraction of sp³-hybridized carbons (Fsp3) is 0.0714. The Labute approximate surface area is 109 Å². The van der Waals surface area contributed by atoms with Gasteiger partial charge in [-0.05, 0) is 18.2 Å². The highest BCUT2D eigenvalue weighted by Crippen LogP contribution is 2.28. The van der Waals surface area contributed by atoms with E-state index in [4.69, 9.17) is 5.73 Å². The molecule has 19 heavy (non-hydrogen) atoms. The summed E-state index contributed by atoms with van der Waals surface area (Å²) in [5.41, 5.74) is 7.10. The molecular formula is C14H11N3O2. The van der Waals surface area contributed by atoms with Gasteiger partial charge in [0.15, 0.2) is 0 Å². The first-order valence-electron chi connectivity index (χ1n) is 5.86. The molecular weight excluding hydrogens is 242 g/mol. The average Bonchev–Trinajstić information content (AvgIpc) is 2.71. The van der Waals surface area contributed by atoms with E-state index in [1.807, 2.05) is 0 Å². The second-order valence-electron chi connectivity index (χ2n) is 4.18. The lowest BCUT2D eigenvalue weighted by atomic mass is 10.1. The second kappa shape index (κ2) is 4.29. The fourth-order valence-electron chi connectivity index (χ4n) is 2.17. The van der Waals surface area contributed by atoms with Crippen LogP contribution in [-0.2, 0) is 6.54 Å². The van der Waals surface area contributed by atoms with Crippen LogP contribution >= 0.6 is 0 Å². The van der Waals surface area contributed by atoms with Crippen LogP contribution in [0.5, 0.6) is 0 Å². The van der Waals surface area contributed by atoms with Crippen molar-refractivity contribution in [3.8, 4) is 0 Å². The first-order valence-corrected chi connectivity index (χ1v) is 5.86. The van der Waals surface area contributed by atoms with Gasteiger partial charge in [0, 0.05) is 18.3 Å². The van der Waals surface area contributed by atoms with Crippen molar-refractivity contribution in [3.05, 3.63) is 59.3 Å². The minimum absolute atomic E-state index is 0.219. The third-order valence-electron chi connectivity index (χ3n) is 3.09. The molecule has 1 aromatic carbocycles. The Balaban J connectivity index is 2.14. The van der Waals surface area contributed by atoms with Gasteiger partial charge in [0.05, 0.1) is 11.1 Å². The van der Waals surface area contributed by atoms with E-state index < -0.39 is 0 Å². The number of carbonyl (C=O) groups is 2. The van der Waals surface area contributed by atoms with Crippen molar-refractivity contribution in [2.24, 2.45) is 5.73 Å². The molecule has 5 heteroatoms. The lowest BCUT2D eigenvalue weighted by Gasteiger charge is -2.15. The molecule has 1 aliphatic heterocycles. The molecule has 94 valence electrons. The molecule has 0 fully saturated rings. The van der Waals surface area contributed by atoms with E-state index in [2.05, 4.69) is 4.98 Å². The summed E-state index contributed by atoms with van der Waals surface area (Å²) in [6, 6.07) is 10.2. The molecule has 0 bridgehead atoms. The number of hydrogen-bond acceptors (Lipinski definition) is 4. The van der Waals surface area contributed by atoms with Crippen molar-refractivity contribution in [2.45, 2.75) is 6.54 Å². The minimum Gasteiger partial charge on any atom is -0.326 e. The Hall–Kier alpha value is -2.53. The maximum Gasteiger partial charge on any atom is 0.267 e. The van der Waals surface area contributed by atoms with Gasteiger partial charge in [0.25, 0.3) is 11.8 Å². The van der Waals surface area contributed by atoms with Gasteiger partial charge in [0.2, 0.25) is 0 Å². The lowest BCUT2D eigenvalue weighted by molar-refractivity contribution is 0.0925. The zero-order valence-corrected chi connectivity index (χ0v) is 10.0. The van der Waals surface area contributed by atoms with Gasteiger partial charge in [-0.25, -0.2) is 9.88 Å². The summed E-state index contributed by atoms with van der Waals surface area (Å²) in [6.45, 7) is 0.219. The normalized spacial score (nSPS) is 13.8. The smallest absolute Gasteiger partial charge is 0.267 e. The van der Waals surface area contributed by atoms with E-state index in [0.29, 0.717) is 22.5 Å². The maximum atomic E-state index is 12.3. The molecule has 0 spiro atoms. The van der Waals surface area contributed by atoms with Gasteiger partial charge in [0.1, 0.15) is 5.82 Å². The molecule has 0 atom stereocenters. The monoisotopic (exact) mass is 253 g/mol. The summed E-state index contributed by atoms with van der Waals surface area (Å²) in [5, 5.41) is 0. The first-order chi connectivity index (χ1) is 9.24. The minimum atomic E-state index is -0.353. The molecule has 0 saturated carbocycles. The molecule has 2 amide bonds. The number of rotatable bonds is 2. The number of carbonyl (C=O) groups excluding carboxylic acids is 2. The van der Waals surface area contributed by atoms with E-state index >= 15 is 0 Å². The summed E-state index contributed by atoms with van der Waals surface area (Å²) < 4.78 is 0. The van der Waals surface area contributed by atoms with E-state index in [-0.39, 0.29) is 18.4 Å². The quantitative estimate of drug-likeness (QED) is 0.819. The van der Waals surface area contributed by atoms with Crippen LogP contribution in [0.2, 0.25) is 0 Å². The van der Waals surface area contributed by atoms with Gasteiger partial charge >= 0.3 is 0 Å². The van der Waals surface area contributed by atoms with Crippen molar-refractivity contribution in [1.82, 2.24) is 4.98 Å². The highest BCUT2D eigenvalue weighted by molar-refractivity contribution is 6.34. The average molecular weight is 253 g/mol. The van der Waals surface area contributed by atoms with E-state index in [0.717, 1.165) is 4.90 Å². The Kier molecular flexibility index (Phi) is 2.61. The number of anilines is 1. The van der Waals surface area contributed by atoms with Crippen molar-refractivity contribution < 1.29 is 9.59 Å². The van der Waals surface area contributed by atoms with Crippen LogP contribution in [0.3, 0.4) is 0 Å². The van der Waals surface area contributed by atoms with E-state index in [1.54, 1.807) is 36.4 Å². The Bertz CT molecular complexity index is 647. The molecule has 2 N–H and O–H groups in total. The largest absolute Gasteiger partial charge is 0.326 e. The van der Waals surface area contributed by atoms with Gasteiger partial charge in [-0.2, -0.15) is 0 Å². The van der Waals surface area contributed by atoms with Crippen molar-refractivity contribution >= 4 is 17.6 Å². The molecule has 2 heterocycles. The summed E-state index contributed by atoms with van der Waals surface area (Å²) in [7, 11) is 0. The summed E-state index contributed by atoms with van der Waals surface area (Å²) in [4.78, 5) is 29.8. The summed E-state index contributed by atoms with van der Waals surface area (Å²) in [5.74, 6) is -0.390. The highest BCUT2D eigenvalue weighted by atomic mass is 16.2. The molecule has 0 aliphatic carbocycles. The van der Waals surface area contributed by atoms with Crippen molar-refractivity contribution in [3.63, 3.8) is 0 Å². The molecule has 2 aromatic rings. The number of pyridine rings is 1. The lowest BCUT2D eigenvalue weighted by Crippen LogP contribution is -2.31. The third-order valence-corrected chi connectivity index (χ3v) is 3.09. The molecule has 3 rings (SSSR count). The zero-order valence-electron chi connectivity index (χ0n) is 10.0. The zero-order chi connectivity index (χ0) is 13.4. The standard InChI is InChI=1S/C14H11N3O2/c15-8-9-4-3-7-16-12(9)17-13(18)10-5-1-2-6-11(10)14(17)19/h1-7H,8,15H2. The van der Waals surface area contributed by atoms with Crippen LogP contribution in [0.25, 0.3) is 0 Å². The van der Waals surface area contributed by atoms with Crippen molar-refractivity contribution in [1.29, 1.82) is 0 Å². The molecule has 0 unspecified atom stereocenters. The highest BCUT2D eigenvalue weighted by Gasteiger charge is 2.37. The van der Waals surface area contributed by atoms with Crippen LogP contribution in [0.15, 0.2) is 42.6 Å². The summed E-state index contributed by atoms with van der Waals surface area (Å²) >= 11 is 0. The molecule has 0 radical (unpaired) electrons. The topological polar surface area (TPSA) is 76.3 Å². The summed E-state index contributed by atoms with van der Waals surface area (Å²) in [6.07, 6.45) is 1.54. The number of aromatic nitrogens is 1. The van der Waals surface area contributed by atoms with Crippen LogP contribution in [0.4, 0.5) is 5.82 Å². The molecule has 5 nitrogen and oxygen atoms in total. The predicted molar refractivity (Wildman–Crippen MR) is 69.7 cm³/mol. The van der Waals surface area contributed by atoms with Gasteiger partial charge in [-0.15, -0.1) is 0 Å². The first kappa shape index (κ1) is 11.6.